The summed E-state index contributed by atoms with van der Waals surface area (Å²) in [5.41, 5.74) is 7.24. The van der Waals surface area contributed by atoms with Crippen LogP contribution in [-0.4, -0.2) is 13.2 Å². The zero-order chi connectivity index (χ0) is 11.4. The second-order valence-electron chi connectivity index (χ2n) is 4.12. The molecular formula is C13H20ClNO2. The number of benzene rings is 1. The summed E-state index contributed by atoms with van der Waals surface area (Å²) in [6.45, 7) is 3.41. The standard InChI is InChI=1S/C13H19NO2.ClH/c1-2-3-6-11(14)10-5-4-7-12-13(10)16-9-8-15-12;/h4-5,7,11H,2-3,6,8-9,14H2,1H3;1H/t11-;/m0./s1. The molecule has 2 rings (SSSR count). The fourth-order valence-corrected chi connectivity index (χ4v) is 1.97. The normalized spacial score (nSPS) is 14.9. The first-order chi connectivity index (χ1) is 7.83. The van der Waals surface area contributed by atoms with Crippen LogP contribution in [0, 0.1) is 0 Å². The summed E-state index contributed by atoms with van der Waals surface area (Å²) >= 11 is 0. The summed E-state index contributed by atoms with van der Waals surface area (Å²) < 4.78 is 11.2. The highest BCUT2D eigenvalue weighted by Gasteiger charge is 2.19. The van der Waals surface area contributed by atoms with Crippen molar-refractivity contribution < 1.29 is 9.47 Å². The van der Waals surface area contributed by atoms with Crippen LogP contribution in [0.5, 0.6) is 11.5 Å². The lowest BCUT2D eigenvalue weighted by molar-refractivity contribution is 0.169. The number of halogens is 1. The van der Waals surface area contributed by atoms with E-state index in [0.717, 1.165) is 29.9 Å². The third kappa shape index (κ3) is 3.27. The van der Waals surface area contributed by atoms with Gasteiger partial charge in [-0.2, -0.15) is 0 Å². The Balaban J connectivity index is 0.00000144. The van der Waals surface area contributed by atoms with Crippen molar-refractivity contribution in [3.63, 3.8) is 0 Å². The molecule has 0 amide bonds. The Bertz CT molecular complexity index is 357. The van der Waals surface area contributed by atoms with Gasteiger partial charge < -0.3 is 15.2 Å². The van der Waals surface area contributed by atoms with Crippen LogP contribution < -0.4 is 15.2 Å². The molecule has 17 heavy (non-hydrogen) atoms. The Morgan fingerprint density at radius 2 is 2.06 bits per heavy atom. The van der Waals surface area contributed by atoms with E-state index < -0.39 is 0 Å². The van der Waals surface area contributed by atoms with E-state index in [-0.39, 0.29) is 18.4 Å². The molecule has 1 aliphatic rings. The minimum atomic E-state index is 0. The van der Waals surface area contributed by atoms with E-state index >= 15 is 0 Å². The predicted octanol–water partition coefficient (Wildman–Crippen LogP) is 3.07. The van der Waals surface area contributed by atoms with Crippen LogP contribution in [-0.2, 0) is 0 Å². The molecule has 0 saturated heterocycles. The monoisotopic (exact) mass is 257 g/mol. The van der Waals surface area contributed by atoms with Gasteiger partial charge in [-0.05, 0) is 12.5 Å². The lowest BCUT2D eigenvalue weighted by Crippen LogP contribution is -2.19. The molecular weight excluding hydrogens is 238 g/mol. The van der Waals surface area contributed by atoms with Crippen LogP contribution in [0.4, 0.5) is 0 Å². The van der Waals surface area contributed by atoms with Crippen molar-refractivity contribution in [1.82, 2.24) is 0 Å². The molecule has 0 radical (unpaired) electrons. The lowest BCUT2D eigenvalue weighted by atomic mass is 10.0. The van der Waals surface area contributed by atoms with Gasteiger partial charge in [0, 0.05) is 11.6 Å². The first-order valence-corrected chi connectivity index (χ1v) is 5.97. The molecule has 1 atom stereocenters. The Labute approximate surface area is 109 Å². The van der Waals surface area contributed by atoms with Gasteiger partial charge in [0.2, 0.25) is 0 Å². The summed E-state index contributed by atoms with van der Waals surface area (Å²) in [6.07, 6.45) is 3.31. The van der Waals surface area contributed by atoms with Gasteiger partial charge >= 0.3 is 0 Å². The summed E-state index contributed by atoms with van der Waals surface area (Å²) in [4.78, 5) is 0. The Morgan fingerprint density at radius 1 is 1.29 bits per heavy atom. The summed E-state index contributed by atoms with van der Waals surface area (Å²) in [7, 11) is 0. The summed E-state index contributed by atoms with van der Waals surface area (Å²) in [5, 5.41) is 0. The van der Waals surface area contributed by atoms with Crippen molar-refractivity contribution >= 4 is 12.4 Å². The molecule has 1 heterocycles. The molecule has 0 spiro atoms. The van der Waals surface area contributed by atoms with Gasteiger partial charge in [0.1, 0.15) is 13.2 Å². The van der Waals surface area contributed by atoms with Crippen molar-refractivity contribution in [2.75, 3.05) is 13.2 Å². The van der Waals surface area contributed by atoms with Gasteiger partial charge in [-0.15, -0.1) is 12.4 Å². The van der Waals surface area contributed by atoms with Crippen molar-refractivity contribution in [3.8, 4) is 11.5 Å². The highest BCUT2D eigenvalue weighted by atomic mass is 35.5. The van der Waals surface area contributed by atoms with E-state index in [9.17, 15) is 0 Å². The van der Waals surface area contributed by atoms with E-state index in [4.69, 9.17) is 15.2 Å². The Kier molecular flexibility index (Phi) is 5.59. The van der Waals surface area contributed by atoms with Crippen LogP contribution in [0.25, 0.3) is 0 Å². The van der Waals surface area contributed by atoms with Crippen molar-refractivity contribution in [3.05, 3.63) is 23.8 Å². The second-order valence-corrected chi connectivity index (χ2v) is 4.12. The van der Waals surface area contributed by atoms with Crippen LogP contribution in [0.15, 0.2) is 18.2 Å². The van der Waals surface area contributed by atoms with Gasteiger partial charge in [-0.25, -0.2) is 0 Å². The van der Waals surface area contributed by atoms with Crippen molar-refractivity contribution in [2.45, 2.75) is 32.2 Å². The van der Waals surface area contributed by atoms with Crippen molar-refractivity contribution in [1.29, 1.82) is 0 Å². The maximum Gasteiger partial charge on any atom is 0.166 e. The minimum Gasteiger partial charge on any atom is -0.486 e. The van der Waals surface area contributed by atoms with Gasteiger partial charge in [0.15, 0.2) is 11.5 Å². The number of rotatable bonds is 4. The maximum absolute atomic E-state index is 6.17. The third-order valence-corrected chi connectivity index (χ3v) is 2.86. The van der Waals surface area contributed by atoms with E-state index in [1.54, 1.807) is 0 Å². The fraction of sp³-hybridized carbons (Fsp3) is 0.538. The van der Waals surface area contributed by atoms with E-state index in [1.165, 1.54) is 6.42 Å². The molecule has 1 aromatic rings. The average Bonchev–Trinajstić information content (AvgIpc) is 2.35. The number of hydrogen-bond acceptors (Lipinski definition) is 3. The molecule has 0 saturated carbocycles. The van der Waals surface area contributed by atoms with Gasteiger partial charge in [0.05, 0.1) is 0 Å². The number of fused-ring (bicyclic) bond motifs is 1. The Morgan fingerprint density at radius 3 is 2.82 bits per heavy atom. The number of ether oxygens (including phenoxy) is 2. The van der Waals surface area contributed by atoms with Crippen LogP contribution in [0.2, 0.25) is 0 Å². The smallest absolute Gasteiger partial charge is 0.166 e. The first-order valence-electron chi connectivity index (χ1n) is 5.97. The molecule has 2 N–H and O–H groups in total. The molecule has 0 bridgehead atoms. The van der Waals surface area contributed by atoms with Gasteiger partial charge in [0.25, 0.3) is 0 Å². The van der Waals surface area contributed by atoms with E-state index in [2.05, 4.69) is 6.92 Å². The number of hydrogen-bond donors (Lipinski definition) is 1. The quantitative estimate of drug-likeness (QED) is 0.902. The zero-order valence-corrected chi connectivity index (χ0v) is 11.0. The highest BCUT2D eigenvalue weighted by Crippen LogP contribution is 2.37. The number of nitrogens with two attached hydrogens (primary N) is 1. The molecule has 3 nitrogen and oxygen atoms in total. The first kappa shape index (κ1) is 14.1. The summed E-state index contributed by atoms with van der Waals surface area (Å²) in [6, 6.07) is 6.00. The molecule has 0 aliphatic carbocycles. The lowest BCUT2D eigenvalue weighted by Gasteiger charge is -2.23. The second kappa shape index (κ2) is 6.72. The SMILES string of the molecule is CCCC[C@H](N)c1cccc2c1OCCO2.Cl. The fourth-order valence-electron chi connectivity index (χ4n) is 1.97. The largest absolute Gasteiger partial charge is 0.486 e. The Hall–Kier alpha value is -0.930. The molecule has 0 unspecified atom stereocenters. The number of unbranched alkanes of at least 4 members (excludes halogenated alkanes) is 1. The van der Waals surface area contributed by atoms with Gasteiger partial charge in [-0.3, -0.25) is 0 Å². The topological polar surface area (TPSA) is 44.5 Å². The highest BCUT2D eigenvalue weighted by molar-refractivity contribution is 5.85. The zero-order valence-electron chi connectivity index (χ0n) is 10.1. The van der Waals surface area contributed by atoms with Crippen LogP contribution in [0.1, 0.15) is 37.8 Å². The van der Waals surface area contributed by atoms with Gasteiger partial charge in [-0.1, -0.05) is 31.9 Å². The molecule has 96 valence electrons. The molecule has 4 heteroatoms. The average molecular weight is 258 g/mol. The van der Waals surface area contributed by atoms with E-state index in [0.29, 0.717) is 13.2 Å². The molecule has 1 aromatic carbocycles. The maximum atomic E-state index is 6.17. The molecule has 0 aromatic heterocycles. The van der Waals surface area contributed by atoms with Crippen molar-refractivity contribution in [2.24, 2.45) is 5.73 Å². The minimum absolute atomic E-state index is 0. The number of para-hydroxylation sites is 1. The predicted molar refractivity (Wildman–Crippen MR) is 71.1 cm³/mol. The van der Waals surface area contributed by atoms with Crippen LogP contribution >= 0.6 is 12.4 Å². The molecule has 0 fully saturated rings. The third-order valence-electron chi connectivity index (χ3n) is 2.86. The van der Waals surface area contributed by atoms with Crippen LogP contribution in [0.3, 0.4) is 0 Å². The van der Waals surface area contributed by atoms with E-state index in [1.807, 2.05) is 18.2 Å². The summed E-state index contributed by atoms with van der Waals surface area (Å²) in [5.74, 6) is 1.67. The molecule has 1 aliphatic heterocycles.